The maximum atomic E-state index is 12.9. The van der Waals surface area contributed by atoms with Gasteiger partial charge in [-0.05, 0) is 37.8 Å². The molecule has 158 valence electrons. The molecule has 0 saturated carbocycles. The average molecular weight is 447 g/mol. The Bertz CT molecular complexity index is 1050. The fraction of sp³-hybridized carbons (Fsp3) is 0.450. The number of hydrogen-bond donors (Lipinski definition) is 1. The summed E-state index contributed by atoms with van der Waals surface area (Å²) >= 11 is 6.47. The minimum Gasteiger partial charge on any atom is -0.481 e. The highest BCUT2D eigenvalue weighted by Crippen LogP contribution is 2.36. The molecule has 30 heavy (non-hydrogen) atoms. The lowest BCUT2D eigenvalue weighted by Crippen LogP contribution is -2.31. The molecule has 1 amide bonds. The smallest absolute Gasteiger partial charge is 0.303 e. The normalized spacial score (nSPS) is 17.8. The monoisotopic (exact) mass is 446 g/mol. The van der Waals surface area contributed by atoms with Crippen molar-refractivity contribution in [1.29, 1.82) is 5.26 Å². The van der Waals surface area contributed by atoms with E-state index in [-0.39, 0.29) is 30.0 Å². The predicted octanol–water partition coefficient (Wildman–Crippen LogP) is 2.23. The average Bonchev–Trinajstić information content (AvgIpc) is 3.30. The number of carboxylic acids is 1. The Morgan fingerprint density at radius 2 is 2.00 bits per heavy atom. The summed E-state index contributed by atoms with van der Waals surface area (Å²) in [7, 11) is 1.64. The largest absolute Gasteiger partial charge is 0.481 e. The standard InChI is InChI=1S/C20H22N4O4S2/c1-12-13(10-15-19(28)24(20(29)30-15)9-5-6-16(25)26)17(23-7-3-4-8-23)22(2)18(27)14(12)11-21/h10H,3-9H2,1-2H3,(H,25,26). The minimum atomic E-state index is -0.920. The van der Waals surface area contributed by atoms with Crippen molar-refractivity contribution in [2.24, 2.45) is 7.05 Å². The van der Waals surface area contributed by atoms with E-state index in [1.165, 1.54) is 9.47 Å². The van der Waals surface area contributed by atoms with E-state index in [9.17, 15) is 19.6 Å². The van der Waals surface area contributed by atoms with Crippen LogP contribution in [0, 0.1) is 18.3 Å². The Kier molecular flexibility index (Phi) is 6.63. The van der Waals surface area contributed by atoms with Gasteiger partial charge in [0.05, 0.1) is 4.91 Å². The second-order valence-electron chi connectivity index (χ2n) is 7.24. The van der Waals surface area contributed by atoms with E-state index < -0.39 is 5.97 Å². The molecule has 1 aromatic rings. The van der Waals surface area contributed by atoms with Crippen LogP contribution in [0.2, 0.25) is 0 Å². The van der Waals surface area contributed by atoms with E-state index >= 15 is 0 Å². The van der Waals surface area contributed by atoms with Crippen LogP contribution < -0.4 is 10.5 Å². The first kappa shape index (κ1) is 22.1. The zero-order valence-electron chi connectivity index (χ0n) is 16.8. The van der Waals surface area contributed by atoms with Gasteiger partial charge in [0.15, 0.2) is 0 Å². The number of rotatable bonds is 6. The zero-order chi connectivity index (χ0) is 22.0. The van der Waals surface area contributed by atoms with Gasteiger partial charge in [-0.3, -0.25) is 23.9 Å². The van der Waals surface area contributed by atoms with Gasteiger partial charge in [-0.25, -0.2) is 0 Å². The molecule has 2 saturated heterocycles. The molecule has 0 unspecified atom stereocenters. The topological polar surface area (TPSA) is 107 Å². The maximum absolute atomic E-state index is 12.9. The molecular formula is C20H22N4O4S2. The van der Waals surface area contributed by atoms with E-state index in [4.69, 9.17) is 17.3 Å². The molecule has 2 fully saturated rings. The molecule has 1 N–H and O–H groups in total. The Hall–Kier alpha value is -2.64. The number of carbonyl (C=O) groups is 2. The van der Waals surface area contributed by atoms with E-state index in [1.807, 2.05) is 6.07 Å². The second kappa shape index (κ2) is 9.02. The number of thioether (sulfide) groups is 1. The van der Waals surface area contributed by atoms with Gasteiger partial charge in [-0.2, -0.15) is 5.26 Å². The molecule has 0 aromatic carbocycles. The van der Waals surface area contributed by atoms with Crippen molar-refractivity contribution in [1.82, 2.24) is 9.47 Å². The Balaban J connectivity index is 2.04. The summed E-state index contributed by atoms with van der Waals surface area (Å²) in [6, 6.07) is 1.99. The first-order valence-electron chi connectivity index (χ1n) is 9.62. The Morgan fingerprint density at radius 3 is 2.60 bits per heavy atom. The molecule has 2 aliphatic rings. The first-order chi connectivity index (χ1) is 14.3. The fourth-order valence-corrected chi connectivity index (χ4v) is 5.03. The van der Waals surface area contributed by atoms with Crippen LogP contribution in [-0.2, 0) is 16.6 Å². The number of aliphatic carboxylic acids is 1. The van der Waals surface area contributed by atoms with Crippen molar-refractivity contribution >= 4 is 52.1 Å². The van der Waals surface area contributed by atoms with Gasteiger partial charge in [0, 0.05) is 38.7 Å². The van der Waals surface area contributed by atoms with Crippen LogP contribution in [-0.4, -0.2) is 50.4 Å². The number of carbonyl (C=O) groups excluding carboxylic acids is 1. The minimum absolute atomic E-state index is 0.0410. The van der Waals surface area contributed by atoms with E-state index in [2.05, 4.69) is 4.90 Å². The zero-order valence-corrected chi connectivity index (χ0v) is 18.4. The van der Waals surface area contributed by atoms with Crippen molar-refractivity contribution in [3.8, 4) is 6.07 Å². The second-order valence-corrected chi connectivity index (χ2v) is 8.91. The number of carboxylic acid groups (broad SMARTS) is 1. The molecule has 10 heteroatoms. The molecule has 0 spiro atoms. The fourth-order valence-electron chi connectivity index (χ4n) is 3.74. The number of amides is 1. The molecule has 2 aliphatic heterocycles. The predicted molar refractivity (Wildman–Crippen MR) is 119 cm³/mol. The SMILES string of the molecule is Cc1c(C=C2SC(=S)N(CCCC(=O)O)C2=O)c(N2CCCC2)n(C)c(=O)c1C#N. The van der Waals surface area contributed by atoms with Crippen LogP contribution in [0.1, 0.15) is 42.4 Å². The third-order valence-corrected chi connectivity index (χ3v) is 6.67. The molecule has 3 heterocycles. The highest BCUT2D eigenvalue weighted by molar-refractivity contribution is 8.26. The number of aromatic nitrogens is 1. The van der Waals surface area contributed by atoms with Crippen LogP contribution in [0.15, 0.2) is 9.70 Å². The number of pyridine rings is 1. The van der Waals surface area contributed by atoms with Gasteiger partial charge >= 0.3 is 5.97 Å². The van der Waals surface area contributed by atoms with Gasteiger partial charge in [0.2, 0.25) is 0 Å². The van der Waals surface area contributed by atoms with Crippen LogP contribution in [0.3, 0.4) is 0 Å². The van der Waals surface area contributed by atoms with Gasteiger partial charge in [0.1, 0.15) is 21.8 Å². The van der Waals surface area contributed by atoms with Crippen molar-refractivity contribution in [2.75, 3.05) is 24.5 Å². The van der Waals surface area contributed by atoms with Crippen LogP contribution in [0.5, 0.6) is 0 Å². The van der Waals surface area contributed by atoms with E-state index in [1.54, 1.807) is 20.0 Å². The van der Waals surface area contributed by atoms with Gasteiger partial charge < -0.3 is 10.0 Å². The van der Waals surface area contributed by atoms with Crippen molar-refractivity contribution in [2.45, 2.75) is 32.6 Å². The molecule has 0 atom stereocenters. The maximum Gasteiger partial charge on any atom is 0.303 e. The quantitative estimate of drug-likeness (QED) is 0.524. The lowest BCUT2D eigenvalue weighted by atomic mass is 10.0. The number of thiocarbonyl (C=S) groups is 1. The molecule has 3 rings (SSSR count). The number of nitrogens with zero attached hydrogens (tertiary/aromatic N) is 4. The highest BCUT2D eigenvalue weighted by atomic mass is 32.2. The Morgan fingerprint density at radius 1 is 1.33 bits per heavy atom. The van der Waals surface area contributed by atoms with E-state index in [0.29, 0.717) is 32.6 Å². The molecule has 8 nitrogen and oxygen atoms in total. The number of nitriles is 1. The summed E-state index contributed by atoms with van der Waals surface area (Å²) in [5.41, 5.74) is 0.916. The molecule has 1 aromatic heterocycles. The lowest BCUT2D eigenvalue weighted by molar-refractivity contribution is -0.137. The van der Waals surface area contributed by atoms with Crippen molar-refractivity contribution in [3.05, 3.63) is 31.9 Å². The third kappa shape index (κ3) is 4.13. The third-order valence-electron chi connectivity index (χ3n) is 5.29. The van der Waals surface area contributed by atoms with Gasteiger partial charge in [-0.15, -0.1) is 0 Å². The van der Waals surface area contributed by atoms with Crippen LogP contribution in [0.4, 0.5) is 5.82 Å². The summed E-state index contributed by atoms with van der Waals surface area (Å²) < 4.78 is 1.86. The van der Waals surface area contributed by atoms with Crippen molar-refractivity contribution in [3.63, 3.8) is 0 Å². The van der Waals surface area contributed by atoms with Crippen LogP contribution >= 0.6 is 24.0 Å². The summed E-state index contributed by atoms with van der Waals surface area (Å²) in [5.74, 6) is -0.504. The molecule has 0 aliphatic carbocycles. The first-order valence-corrected chi connectivity index (χ1v) is 10.8. The Labute approximate surface area is 183 Å². The van der Waals surface area contributed by atoms with Crippen molar-refractivity contribution < 1.29 is 14.7 Å². The number of anilines is 1. The molecule has 0 bridgehead atoms. The summed E-state index contributed by atoms with van der Waals surface area (Å²) in [5, 5.41) is 18.3. The lowest BCUT2D eigenvalue weighted by Gasteiger charge is -2.25. The van der Waals surface area contributed by atoms with E-state index in [0.717, 1.165) is 37.7 Å². The van der Waals surface area contributed by atoms with Gasteiger partial charge in [-0.1, -0.05) is 24.0 Å². The van der Waals surface area contributed by atoms with Crippen LogP contribution in [0.25, 0.3) is 6.08 Å². The summed E-state index contributed by atoms with van der Waals surface area (Å²) in [6.45, 7) is 3.56. The number of hydrogen-bond acceptors (Lipinski definition) is 7. The molecule has 0 radical (unpaired) electrons. The van der Waals surface area contributed by atoms with Gasteiger partial charge in [0.25, 0.3) is 11.5 Å². The highest BCUT2D eigenvalue weighted by Gasteiger charge is 2.33. The molecular weight excluding hydrogens is 424 g/mol. The summed E-state index contributed by atoms with van der Waals surface area (Å²) in [6.07, 6.45) is 4.00. The summed E-state index contributed by atoms with van der Waals surface area (Å²) in [4.78, 5) is 40.2.